The Balaban J connectivity index is 3.31. The molecule has 0 heterocycles. The van der Waals surface area contributed by atoms with Gasteiger partial charge in [0.25, 0.3) is 0 Å². The van der Waals surface area contributed by atoms with E-state index in [0.717, 1.165) is 12.8 Å². The Morgan fingerprint density at radius 3 is 2.83 bits per heavy atom. The molecule has 0 unspecified atom stereocenters. The van der Waals surface area contributed by atoms with Gasteiger partial charge in [0, 0.05) is 6.54 Å². The zero-order valence-corrected chi connectivity index (χ0v) is 7.25. The summed E-state index contributed by atoms with van der Waals surface area (Å²) in [4.78, 5) is 10.8. The van der Waals surface area contributed by atoms with Gasteiger partial charge in [-0.25, -0.2) is 5.48 Å². The van der Waals surface area contributed by atoms with Crippen molar-refractivity contribution in [2.45, 2.75) is 25.3 Å². The van der Waals surface area contributed by atoms with E-state index in [0.29, 0.717) is 13.0 Å². The van der Waals surface area contributed by atoms with Gasteiger partial charge < -0.3 is 15.7 Å². The summed E-state index contributed by atoms with van der Waals surface area (Å²) in [5, 5.41) is 8.21. The van der Waals surface area contributed by atoms with Crippen LogP contribution in [0.4, 0.5) is 0 Å². The number of carbonyl (C=O) groups is 1. The third-order valence-corrected chi connectivity index (χ3v) is 1.56. The fraction of sp³-hybridized carbons (Fsp3) is 0.857. The molecule has 0 aromatic carbocycles. The Kier molecular flexibility index (Phi) is 6.64. The summed E-state index contributed by atoms with van der Waals surface area (Å²) < 4.78 is 4.44. The van der Waals surface area contributed by atoms with Gasteiger partial charge in [0.15, 0.2) is 0 Å². The molecule has 0 saturated heterocycles. The maximum atomic E-state index is 10.8. The largest absolute Gasteiger partial charge is 0.468 e. The predicted octanol–water partition coefficient (Wildman–Crippen LogP) is -0.364. The summed E-state index contributed by atoms with van der Waals surface area (Å²) in [5.74, 6) is -0.382. The first-order valence-electron chi connectivity index (χ1n) is 3.92. The Morgan fingerprint density at radius 2 is 2.33 bits per heavy atom. The number of nitrogens with two attached hydrogens (primary N) is 1. The van der Waals surface area contributed by atoms with Crippen LogP contribution in [-0.2, 0) is 9.53 Å². The monoisotopic (exact) mass is 176 g/mol. The van der Waals surface area contributed by atoms with E-state index >= 15 is 0 Å². The van der Waals surface area contributed by atoms with Gasteiger partial charge in [0.2, 0.25) is 0 Å². The average molecular weight is 176 g/mol. The predicted molar refractivity (Wildman–Crippen MR) is 43.6 cm³/mol. The third kappa shape index (κ3) is 5.06. The van der Waals surface area contributed by atoms with Crippen LogP contribution in [0.5, 0.6) is 0 Å². The lowest BCUT2D eigenvalue weighted by Crippen LogP contribution is -2.31. The number of carbonyl (C=O) groups excluding carboxylic acids is 1. The van der Waals surface area contributed by atoms with Gasteiger partial charge in [-0.1, -0.05) is 0 Å². The van der Waals surface area contributed by atoms with Crippen LogP contribution in [-0.4, -0.2) is 30.9 Å². The summed E-state index contributed by atoms with van der Waals surface area (Å²) in [6.45, 7) is 0.522. The van der Waals surface area contributed by atoms with Gasteiger partial charge in [-0.15, -0.1) is 0 Å². The van der Waals surface area contributed by atoms with E-state index in [4.69, 9.17) is 10.9 Å². The number of hydrogen-bond donors (Lipinski definition) is 3. The highest BCUT2D eigenvalue weighted by atomic mass is 16.5. The second-order valence-corrected chi connectivity index (χ2v) is 2.53. The topological polar surface area (TPSA) is 84.6 Å². The van der Waals surface area contributed by atoms with Crippen molar-refractivity contribution in [1.82, 2.24) is 5.48 Å². The lowest BCUT2D eigenvalue weighted by atomic mass is 10.1. The van der Waals surface area contributed by atoms with Gasteiger partial charge in [-0.3, -0.25) is 4.79 Å². The van der Waals surface area contributed by atoms with Crippen molar-refractivity contribution in [3.63, 3.8) is 0 Å². The fourth-order valence-corrected chi connectivity index (χ4v) is 0.838. The summed E-state index contributed by atoms with van der Waals surface area (Å²) in [7, 11) is 1.32. The molecule has 4 N–H and O–H groups in total. The summed E-state index contributed by atoms with van der Waals surface area (Å²) >= 11 is 0. The summed E-state index contributed by atoms with van der Waals surface area (Å²) in [6.07, 6.45) is 2.18. The molecule has 0 aliphatic rings. The molecule has 12 heavy (non-hydrogen) atoms. The van der Waals surface area contributed by atoms with Crippen LogP contribution in [0.1, 0.15) is 19.3 Å². The highest BCUT2D eigenvalue weighted by Crippen LogP contribution is 1.99. The van der Waals surface area contributed by atoms with Gasteiger partial charge in [-0.05, 0) is 19.3 Å². The maximum Gasteiger partial charge on any atom is 0.322 e. The van der Waals surface area contributed by atoms with E-state index < -0.39 is 6.04 Å². The molecule has 5 heteroatoms. The molecule has 0 aliphatic carbocycles. The molecule has 0 rings (SSSR count). The highest BCUT2D eigenvalue weighted by Gasteiger charge is 2.11. The number of unbranched alkanes of at least 4 members (excludes halogenated alkanes) is 1. The van der Waals surface area contributed by atoms with Crippen LogP contribution >= 0.6 is 0 Å². The minimum atomic E-state index is -0.534. The fourth-order valence-electron chi connectivity index (χ4n) is 0.838. The molecule has 0 spiro atoms. The van der Waals surface area contributed by atoms with Gasteiger partial charge in [0.05, 0.1) is 7.11 Å². The molecule has 0 aromatic heterocycles. The minimum Gasteiger partial charge on any atom is -0.468 e. The summed E-state index contributed by atoms with van der Waals surface area (Å²) in [5.41, 5.74) is 7.48. The molecule has 0 amide bonds. The second-order valence-electron chi connectivity index (χ2n) is 2.53. The zero-order valence-electron chi connectivity index (χ0n) is 7.25. The van der Waals surface area contributed by atoms with Gasteiger partial charge in [-0.2, -0.15) is 0 Å². The average Bonchev–Trinajstić information content (AvgIpc) is 2.10. The Bertz CT molecular complexity index is 130. The van der Waals surface area contributed by atoms with Crippen LogP contribution in [0.2, 0.25) is 0 Å². The van der Waals surface area contributed by atoms with E-state index in [1.807, 2.05) is 5.48 Å². The van der Waals surface area contributed by atoms with Crippen LogP contribution in [0.25, 0.3) is 0 Å². The molecule has 0 bridgehead atoms. The smallest absolute Gasteiger partial charge is 0.322 e. The SMILES string of the molecule is COC(=O)[C@@H](N)CCCCNO. The van der Waals surface area contributed by atoms with Crippen LogP contribution in [0.3, 0.4) is 0 Å². The first-order valence-corrected chi connectivity index (χ1v) is 3.92. The van der Waals surface area contributed by atoms with Crippen molar-refractivity contribution in [2.75, 3.05) is 13.7 Å². The van der Waals surface area contributed by atoms with E-state index in [-0.39, 0.29) is 5.97 Å². The second kappa shape index (κ2) is 7.02. The van der Waals surface area contributed by atoms with Crippen molar-refractivity contribution in [2.24, 2.45) is 5.73 Å². The Labute approximate surface area is 71.8 Å². The van der Waals surface area contributed by atoms with Crippen molar-refractivity contribution < 1.29 is 14.7 Å². The minimum absolute atomic E-state index is 0.382. The number of esters is 1. The van der Waals surface area contributed by atoms with Gasteiger partial charge >= 0.3 is 5.97 Å². The molecule has 72 valence electrons. The van der Waals surface area contributed by atoms with Crippen LogP contribution in [0.15, 0.2) is 0 Å². The van der Waals surface area contributed by atoms with E-state index in [1.54, 1.807) is 0 Å². The first kappa shape index (κ1) is 11.4. The molecule has 0 radical (unpaired) electrons. The molecule has 1 atom stereocenters. The Morgan fingerprint density at radius 1 is 1.67 bits per heavy atom. The van der Waals surface area contributed by atoms with Crippen LogP contribution in [0, 0.1) is 0 Å². The number of rotatable bonds is 6. The molecule has 0 aromatic rings. The number of hydroxylamine groups is 1. The van der Waals surface area contributed by atoms with E-state index in [1.165, 1.54) is 7.11 Å². The standard InChI is InChI=1S/C7H16N2O3/c1-12-7(10)6(8)4-2-3-5-9-11/h6,9,11H,2-5,8H2,1H3/t6-/m0/s1. The molecule has 0 fully saturated rings. The third-order valence-electron chi connectivity index (χ3n) is 1.56. The number of nitrogens with one attached hydrogen (secondary N) is 1. The quantitative estimate of drug-likeness (QED) is 0.292. The van der Waals surface area contributed by atoms with Crippen molar-refractivity contribution >= 4 is 5.97 Å². The molecule has 5 nitrogen and oxygen atoms in total. The number of hydrogen-bond acceptors (Lipinski definition) is 5. The highest BCUT2D eigenvalue weighted by molar-refractivity contribution is 5.75. The molecule has 0 saturated carbocycles. The number of ether oxygens (including phenoxy) is 1. The zero-order chi connectivity index (χ0) is 9.40. The molecular formula is C7H16N2O3. The van der Waals surface area contributed by atoms with E-state index in [2.05, 4.69) is 4.74 Å². The summed E-state index contributed by atoms with van der Waals surface area (Å²) in [6, 6.07) is -0.534. The molecule has 0 aliphatic heterocycles. The number of methoxy groups -OCH3 is 1. The van der Waals surface area contributed by atoms with Gasteiger partial charge in [0.1, 0.15) is 6.04 Å². The van der Waals surface area contributed by atoms with Crippen molar-refractivity contribution in [1.29, 1.82) is 0 Å². The Hall–Kier alpha value is -0.650. The molecular weight excluding hydrogens is 160 g/mol. The van der Waals surface area contributed by atoms with Crippen molar-refractivity contribution in [3.05, 3.63) is 0 Å². The normalized spacial score (nSPS) is 12.6. The lowest BCUT2D eigenvalue weighted by molar-refractivity contribution is -0.142. The first-order chi connectivity index (χ1) is 5.72. The lowest BCUT2D eigenvalue weighted by Gasteiger charge is -2.07. The van der Waals surface area contributed by atoms with Crippen LogP contribution < -0.4 is 11.2 Å². The maximum absolute atomic E-state index is 10.8. The van der Waals surface area contributed by atoms with Crippen molar-refractivity contribution in [3.8, 4) is 0 Å². The van der Waals surface area contributed by atoms with E-state index in [9.17, 15) is 4.79 Å².